The maximum atomic E-state index is 12.6. The van der Waals surface area contributed by atoms with Crippen LogP contribution in [0.15, 0.2) is 23.1 Å². The number of piperidine rings is 1. The van der Waals surface area contributed by atoms with Gasteiger partial charge in [-0.1, -0.05) is 18.3 Å². The third-order valence-corrected chi connectivity index (χ3v) is 5.32. The Balaban J connectivity index is 2.39. The number of aliphatic hydroxyl groups excluding tert-OH is 1. The lowest BCUT2D eigenvalue weighted by Crippen LogP contribution is -2.35. The summed E-state index contributed by atoms with van der Waals surface area (Å²) in [6, 6.07) is 4.64. The van der Waals surface area contributed by atoms with E-state index in [4.69, 9.17) is 9.84 Å². The summed E-state index contributed by atoms with van der Waals surface area (Å²) >= 11 is 0. The van der Waals surface area contributed by atoms with Crippen molar-refractivity contribution in [1.29, 1.82) is 0 Å². The minimum Gasteiger partial charge on any atom is -0.495 e. The molecule has 0 radical (unpaired) electrons. The molecule has 0 saturated carbocycles. The highest BCUT2D eigenvalue weighted by atomic mass is 32.2. The molecule has 2 rings (SSSR count). The molecular weight excluding hydrogens is 290 g/mol. The van der Waals surface area contributed by atoms with Gasteiger partial charge in [0.2, 0.25) is 10.0 Å². The molecule has 1 saturated heterocycles. The van der Waals surface area contributed by atoms with E-state index in [-0.39, 0.29) is 11.5 Å². The smallest absolute Gasteiger partial charge is 0.243 e. The number of aliphatic hydroxyl groups is 1. The minimum absolute atomic E-state index is 0.215. The van der Waals surface area contributed by atoms with E-state index in [0.29, 0.717) is 24.4 Å². The Morgan fingerprint density at radius 2 is 2.00 bits per heavy atom. The summed E-state index contributed by atoms with van der Waals surface area (Å²) in [6.45, 7) is 0.838. The first-order valence-electron chi connectivity index (χ1n) is 6.87. The van der Waals surface area contributed by atoms with Gasteiger partial charge in [0.1, 0.15) is 12.4 Å². The molecule has 21 heavy (non-hydrogen) atoms. The molecule has 1 fully saturated rings. The summed E-state index contributed by atoms with van der Waals surface area (Å²) in [5.74, 6) is 5.73. The molecule has 0 amide bonds. The zero-order chi connectivity index (χ0) is 15.3. The maximum absolute atomic E-state index is 12.6. The monoisotopic (exact) mass is 309 g/mol. The van der Waals surface area contributed by atoms with E-state index in [1.165, 1.54) is 23.5 Å². The molecule has 114 valence electrons. The van der Waals surface area contributed by atoms with Crippen LogP contribution in [-0.2, 0) is 10.0 Å². The Morgan fingerprint density at radius 1 is 1.29 bits per heavy atom. The fourth-order valence-corrected chi connectivity index (χ4v) is 3.88. The molecule has 0 unspecified atom stereocenters. The molecule has 1 heterocycles. The molecule has 1 aliphatic rings. The van der Waals surface area contributed by atoms with E-state index in [9.17, 15) is 8.42 Å². The first kappa shape index (κ1) is 15.8. The van der Waals surface area contributed by atoms with Crippen LogP contribution in [0.25, 0.3) is 0 Å². The summed E-state index contributed by atoms with van der Waals surface area (Å²) < 4.78 is 31.9. The third-order valence-electron chi connectivity index (χ3n) is 3.43. The van der Waals surface area contributed by atoms with Gasteiger partial charge in [-0.3, -0.25) is 0 Å². The van der Waals surface area contributed by atoms with E-state index in [0.717, 1.165) is 19.3 Å². The first-order valence-corrected chi connectivity index (χ1v) is 8.31. The average molecular weight is 309 g/mol. The highest BCUT2D eigenvalue weighted by molar-refractivity contribution is 7.89. The van der Waals surface area contributed by atoms with Gasteiger partial charge in [0.15, 0.2) is 0 Å². The van der Waals surface area contributed by atoms with Gasteiger partial charge < -0.3 is 9.84 Å². The molecule has 0 aliphatic carbocycles. The molecule has 0 spiro atoms. The van der Waals surface area contributed by atoms with Crippen molar-refractivity contribution in [3.8, 4) is 17.6 Å². The Labute approximate surface area is 125 Å². The van der Waals surface area contributed by atoms with Gasteiger partial charge in [-0.25, -0.2) is 8.42 Å². The second-order valence-electron chi connectivity index (χ2n) is 4.79. The van der Waals surface area contributed by atoms with Gasteiger partial charge in [-0.15, -0.1) is 0 Å². The number of nitrogens with zero attached hydrogens (tertiary/aromatic N) is 1. The lowest BCUT2D eigenvalue weighted by Gasteiger charge is -2.26. The van der Waals surface area contributed by atoms with E-state index in [1.54, 1.807) is 6.07 Å². The number of hydrogen-bond donors (Lipinski definition) is 1. The Morgan fingerprint density at radius 3 is 2.62 bits per heavy atom. The quantitative estimate of drug-likeness (QED) is 0.852. The summed E-state index contributed by atoms with van der Waals surface area (Å²) in [7, 11) is -1.99. The van der Waals surface area contributed by atoms with Gasteiger partial charge in [0, 0.05) is 13.1 Å². The van der Waals surface area contributed by atoms with E-state index < -0.39 is 10.0 Å². The lowest BCUT2D eigenvalue weighted by atomic mass is 10.2. The molecule has 0 atom stereocenters. The van der Waals surface area contributed by atoms with Crippen LogP contribution in [-0.4, -0.2) is 44.6 Å². The molecule has 1 aromatic rings. The van der Waals surface area contributed by atoms with Gasteiger partial charge in [-0.05, 0) is 31.0 Å². The van der Waals surface area contributed by atoms with Crippen molar-refractivity contribution in [2.24, 2.45) is 0 Å². The van der Waals surface area contributed by atoms with Crippen LogP contribution in [0.4, 0.5) is 0 Å². The van der Waals surface area contributed by atoms with Crippen molar-refractivity contribution < 1.29 is 18.3 Å². The second-order valence-corrected chi connectivity index (χ2v) is 6.72. The Bertz CT molecular complexity index is 652. The highest BCUT2D eigenvalue weighted by Crippen LogP contribution is 2.25. The minimum atomic E-state index is -3.49. The lowest BCUT2D eigenvalue weighted by molar-refractivity contribution is 0.346. The van der Waals surface area contributed by atoms with Crippen molar-refractivity contribution >= 4 is 10.0 Å². The number of ether oxygens (including phenoxy) is 1. The average Bonchev–Trinajstić information content (AvgIpc) is 2.53. The third kappa shape index (κ3) is 3.56. The largest absolute Gasteiger partial charge is 0.495 e. The van der Waals surface area contributed by atoms with Crippen LogP contribution >= 0.6 is 0 Å². The number of hydrogen-bond acceptors (Lipinski definition) is 4. The van der Waals surface area contributed by atoms with Crippen molar-refractivity contribution in [3.63, 3.8) is 0 Å². The van der Waals surface area contributed by atoms with Crippen LogP contribution in [0.5, 0.6) is 5.75 Å². The highest BCUT2D eigenvalue weighted by Gasteiger charge is 2.26. The van der Waals surface area contributed by atoms with Crippen LogP contribution in [0.3, 0.4) is 0 Å². The van der Waals surface area contributed by atoms with Crippen molar-refractivity contribution in [3.05, 3.63) is 23.8 Å². The first-order chi connectivity index (χ1) is 10.1. The second kappa shape index (κ2) is 6.94. The Kier molecular flexibility index (Phi) is 5.23. The predicted molar refractivity (Wildman–Crippen MR) is 79.6 cm³/mol. The number of benzene rings is 1. The van der Waals surface area contributed by atoms with Gasteiger partial charge in [0.25, 0.3) is 0 Å². The summed E-state index contributed by atoms with van der Waals surface area (Å²) in [6.07, 6.45) is 2.86. The topological polar surface area (TPSA) is 66.8 Å². The summed E-state index contributed by atoms with van der Waals surface area (Å²) in [4.78, 5) is 0.215. The molecule has 1 aromatic carbocycles. The summed E-state index contributed by atoms with van der Waals surface area (Å²) in [5.41, 5.74) is 0.463. The number of rotatable bonds is 3. The SMILES string of the molecule is COc1ccc(S(=O)(=O)N2CCCCC2)cc1C#CCO. The van der Waals surface area contributed by atoms with Gasteiger partial charge in [-0.2, -0.15) is 4.31 Å². The molecule has 6 heteroatoms. The fourth-order valence-electron chi connectivity index (χ4n) is 2.33. The van der Waals surface area contributed by atoms with Crippen LogP contribution in [0, 0.1) is 11.8 Å². The molecule has 1 N–H and O–H groups in total. The molecule has 0 bridgehead atoms. The number of sulfonamides is 1. The van der Waals surface area contributed by atoms with Crippen LogP contribution in [0.1, 0.15) is 24.8 Å². The maximum Gasteiger partial charge on any atom is 0.243 e. The molecule has 5 nitrogen and oxygen atoms in total. The van der Waals surface area contributed by atoms with Gasteiger partial charge in [0.05, 0.1) is 17.6 Å². The zero-order valence-corrected chi connectivity index (χ0v) is 12.8. The molecular formula is C15H19NO4S. The van der Waals surface area contributed by atoms with Crippen molar-refractivity contribution in [2.75, 3.05) is 26.8 Å². The number of methoxy groups -OCH3 is 1. The molecule has 1 aliphatic heterocycles. The Hall–Kier alpha value is -1.55. The standard InChI is InChI=1S/C15H19NO4S/c1-20-15-8-7-14(12-13(15)6-5-11-17)21(18,19)16-9-3-2-4-10-16/h7-8,12,17H,2-4,9-11H2,1H3. The molecule has 0 aromatic heterocycles. The van der Waals surface area contributed by atoms with Crippen molar-refractivity contribution in [1.82, 2.24) is 4.31 Å². The van der Waals surface area contributed by atoms with E-state index >= 15 is 0 Å². The van der Waals surface area contributed by atoms with Gasteiger partial charge >= 0.3 is 0 Å². The predicted octanol–water partition coefficient (Wildman–Crippen LogP) is 1.21. The van der Waals surface area contributed by atoms with Crippen LogP contribution < -0.4 is 4.74 Å². The summed E-state index contributed by atoms with van der Waals surface area (Å²) in [5, 5.41) is 8.78. The fraction of sp³-hybridized carbons (Fsp3) is 0.467. The van der Waals surface area contributed by atoms with E-state index in [2.05, 4.69) is 11.8 Å². The van der Waals surface area contributed by atoms with Crippen LogP contribution in [0.2, 0.25) is 0 Å². The normalized spacial score (nSPS) is 16.1. The zero-order valence-electron chi connectivity index (χ0n) is 12.0. The van der Waals surface area contributed by atoms with Crippen molar-refractivity contribution in [2.45, 2.75) is 24.2 Å². The van der Waals surface area contributed by atoms with E-state index in [1.807, 2.05) is 0 Å².